The molecule has 0 spiro atoms. The number of thioether (sulfide) groups is 1. The Morgan fingerprint density at radius 3 is 2.48 bits per heavy atom. The first-order chi connectivity index (χ1) is 13.1. The number of hydrogen-bond donors (Lipinski definition) is 2. The highest BCUT2D eigenvalue weighted by atomic mass is 32.2. The molecule has 27 heavy (non-hydrogen) atoms. The molecule has 148 valence electrons. The number of amides is 2. The van der Waals surface area contributed by atoms with Crippen LogP contribution in [0.3, 0.4) is 0 Å². The van der Waals surface area contributed by atoms with Gasteiger partial charge in [-0.15, -0.1) is 0 Å². The van der Waals surface area contributed by atoms with E-state index in [-0.39, 0.29) is 11.6 Å². The molecule has 2 aliphatic heterocycles. The van der Waals surface area contributed by atoms with Crippen LogP contribution in [0.1, 0.15) is 31.4 Å². The Kier molecular flexibility index (Phi) is 7.15. The number of nitrogens with one attached hydrogen (secondary N) is 2. The van der Waals surface area contributed by atoms with Gasteiger partial charge in [-0.05, 0) is 25.3 Å². The van der Waals surface area contributed by atoms with Crippen LogP contribution in [0, 0.1) is 0 Å². The van der Waals surface area contributed by atoms with Crippen molar-refractivity contribution in [1.82, 2.24) is 15.5 Å². The van der Waals surface area contributed by atoms with Crippen molar-refractivity contribution in [3.8, 4) is 0 Å². The van der Waals surface area contributed by atoms with Crippen molar-refractivity contribution in [3.05, 3.63) is 35.9 Å². The van der Waals surface area contributed by atoms with Gasteiger partial charge in [0.05, 0.1) is 6.04 Å². The minimum Gasteiger partial charge on any atom is -0.381 e. The van der Waals surface area contributed by atoms with E-state index in [2.05, 4.69) is 15.5 Å². The molecule has 1 atom stereocenters. The third-order valence-electron chi connectivity index (χ3n) is 5.54. The third-order valence-corrected chi connectivity index (χ3v) is 6.48. The Hall–Kier alpha value is -1.57. The predicted molar refractivity (Wildman–Crippen MR) is 108 cm³/mol. The Morgan fingerprint density at radius 1 is 1.15 bits per heavy atom. The molecule has 0 saturated carbocycles. The SMILES string of the molecule is CC(NC(=O)C(=O)NCC1(N2CCSCC2)CCOCC1)c1ccccc1. The lowest BCUT2D eigenvalue weighted by Crippen LogP contribution is -2.61. The van der Waals surface area contributed by atoms with Crippen LogP contribution in [0.4, 0.5) is 0 Å². The molecule has 2 N–H and O–H groups in total. The van der Waals surface area contributed by atoms with E-state index in [1.54, 1.807) is 0 Å². The van der Waals surface area contributed by atoms with Gasteiger partial charge in [-0.3, -0.25) is 14.5 Å². The molecule has 0 aliphatic carbocycles. The molecule has 1 unspecified atom stereocenters. The standard InChI is InChI=1S/C20H29N3O3S/c1-16(17-5-3-2-4-6-17)22-19(25)18(24)21-15-20(7-11-26-12-8-20)23-9-13-27-14-10-23/h2-6,16H,7-15H2,1H3,(H,21,24)(H,22,25). The average molecular weight is 392 g/mol. The summed E-state index contributed by atoms with van der Waals surface area (Å²) in [6.07, 6.45) is 1.78. The van der Waals surface area contributed by atoms with E-state index in [0.29, 0.717) is 19.8 Å². The summed E-state index contributed by atoms with van der Waals surface area (Å²) in [4.78, 5) is 27.2. The lowest BCUT2D eigenvalue weighted by atomic mass is 9.87. The van der Waals surface area contributed by atoms with Crippen molar-refractivity contribution in [1.29, 1.82) is 0 Å². The van der Waals surface area contributed by atoms with E-state index in [4.69, 9.17) is 4.74 Å². The van der Waals surface area contributed by atoms with Gasteiger partial charge in [-0.2, -0.15) is 11.8 Å². The van der Waals surface area contributed by atoms with Crippen molar-refractivity contribution in [3.63, 3.8) is 0 Å². The maximum atomic E-state index is 12.4. The normalized spacial score (nSPS) is 21.2. The fraction of sp³-hybridized carbons (Fsp3) is 0.600. The largest absolute Gasteiger partial charge is 0.381 e. The average Bonchev–Trinajstić information content (AvgIpc) is 2.74. The van der Waals surface area contributed by atoms with Gasteiger partial charge in [0.25, 0.3) is 0 Å². The van der Waals surface area contributed by atoms with Crippen molar-refractivity contribution >= 4 is 23.6 Å². The molecule has 1 aromatic rings. The first-order valence-corrected chi connectivity index (χ1v) is 10.8. The molecular formula is C20H29N3O3S. The summed E-state index contributed by atoms with van der Waals surface area (Å²) in [5.41, 5.74) is 0.880. The summed E-state index contributed by atoms with van der Waals surface area (Å²) in [6.45, 7) is 5.84. The number of hydrogen-bond acceptors (Lipinski definition) is 5. The molecular weight excluding hydrogens is 362 g/mol. The summed E-state index contributed by atoms with van der Waals surface area (Å²) < 4.78 is 5.55. The number of ether oxygens (including phenoxy) is 1. The zero-order chi connectivity index (χ0) is 19.1. The Balaban J connectivity index is 1.56. The monoisotopic (exact) mass is 391 g/mol. The van der Waals surface area contributed by atoms with Crippen molar-refractivity contribution in [2.75, 3.05) is 44.4 Å². The molecule has 2 heterocycles. The van der Waals surface area contributed by atoms with Gasteiger partial charge in [0.1, 0.15) is 0 Å². The minimum atomic E-state index is -0.581. The highest BCUT2D eigenvalue weighted by Gasteiger charge is 2.39. The fourth-order valence-electron chi connectivity index (χ4n) is 3.81. The molecule has 2 saturated heterocycles. The molecule has 0 radical (unpaired) electrons. The maximum absolute atomic E-state index is 12.4. The van der Waals surface area contributed by atoms with Crippen molar-refractivity contribution in [2.45, 2.75) is 31.3 Å². The number of carbonyl (C=O) groups is 2. The van der Waals surface area contributed by atoms with Gasteiger partial charge < -0.3 is 15.4 Å². The second-order valence-electron chi connectivity index (χ2n) is 7.22. The quantitative estimate of drug-likeness (QED) is 0.746. The molecule has 2 fully saturated rings. The summed E-state index contributed by atoms with van der Waals surface area (Å²) >= 11 is 1.97. The van der Waals surface area contributed by atoms with Crippen LogP contribution >= 0.6 is 11.8 Å². The highest BCUT2D eigenvalue weighted by Crippen LogP contribution is 2.30. The second kappa shape index (κ2) is 9.57. The zero-order valence-electron chi connectivity index (χ0n) is 15.9. The number of rotatable bonds is 5. The number of nitrogens with zero attached hydrogens (tertiary/aromatic N) is 1. The van der Waals surface area contributed by atoms with Crippen LogP contribution in [0.15, 0.2) is 30.3 Å². The lowest BCUT2D eigenvalue weighted by Gasteiger charge is -2.47. The van der Waals surface area contributed by atoms with Gasteiger partial charge >= 0.3 is 11.8 Å². The Labute approximate surface area is 165 Å². The van der Waals surface area contributed by atoms with E-state index in [1.807, 2.05) is 49.0 Å². The molecule has 1 aromatic carbocycles. The van der Waals surface area contributed by atoms with E-state index >= 15 is 0 Å². The summed E-state index contributed by atoms with van der Waals surface area (Å²) in [7, 11) is 0. The summed E-state index contributed by atoms with van der Waals surface area (Å²) in [5.74, 6) is 1.09. The molecule has 0 bridgehead atoms. The van der Waals surface area contributed by atoms with Crippen LogP contribution < -0.4 is 10.6 Å². The zero-order valence-corrected chi connectivity index (χ0v) is 16.7. The van der Waals surface area contributed by atoms with E-state index < -0.39 is 11.8 Å². The summed E-state index contributed by atoms with van der Waals surface area (Å²) in [6, 6.07) is 9.44. The van der Waals surface area contributed by atoms with E-state index in [1.165, 1.54) is 0 Å². The molecule has 2 aliphatic rings. The first-order valence-electron chi connectivity index (χ1n) is 9.65. The molecule has 0 aromatic heterocycles. The van der Waals surface area contributed by atoms with Crippen LogP contribution in [-0.4, -0.2) is 66.6 Å². The predicted octanol–water partition coefficient (Wildman–Crippen LogP) is 1.58. The van der Waals surface area contributed by atoms with Crippen LogP contribution in [0.5, 0.6) is 0 Å². The molecule has 6 nitrogen and oxygen atoms in total. The van der Waals surface area contributed by atoms with Gasteiger partial charge in [0.15, 0.2) is 0 Å². The highest BCUT2D eigenvalue weighted by molar-refractivity contribution is 7.99. The van der Waals surface area contributed by atoms with E-state index in [0.717, 1.165) is 43.0 Å². The van der Waals surface area contributed by atoms with Crippen molar-refractivity contribution in [2.24, 2.45) is 0 Å². The van der Waals surface area contributed by atoms with Crippen LogP contribution in [0.2, 0.25) is 0 Å². The smallest absolute Gasteiger partial charge is 0.309 e. The molecule has 3 rings (SSSR count). The first kappa shape index (κ1) is 20.2. The number of carbonyl (C=O) groups excluding carboxylic acids is 2. The van der Waals surface area contributed by atoms with Gasteiger partial charge in [0.2, 0.25) is 0 Å². The van der Waals surface area contributed by atoms with Gasteiger partial charge in [0, 0.05) is 49.9 Å². The lowest BCUT2D eigenvalue weighted by molar-refractivity contribution is -0.140. The van der Waals surface area contributed by atoms with Crippen LogP contribution in [-0.2, 0) is 14.3 Å². The molecule has 2 amide bonds. The van der Waals surface area contributed by atoms with Gasteiger partial charge in [-0.1, -0.05) is 30.3 Å². The Morgan fingerprint density at radius 2 is 1.81 bits per heavy atom. The van der Waals surface area contributed by atoms with Crippen LogP contribution in [0.25, 0.3) is 0 Å². The third kappa shape index (κ3) is 5.24. The topological polar surface area (TPSA) is 70.7 Å². The van der Waals surface area contributed by atoms with Crippen molar-refractivity contribution < 1.29 is 14.3 Å². The molecule has 7 heteroatoms. The van der Waals surface area contributed by atoms with E-state index in [9.17, 15) is 9.59 Å². The number of benzene rings is 1. The Bertz CT molecular complexity index is 629. The second-order valence-corrected chi connectivity index (χ2v) is 8.45. The maximum Gasteiger partial charge on any atom is 0.309 e. The fourth-order valence-corrected chi connectivity index (χ4v) is 4.71. The summed E-state index contributed by atoms with van der Waals surface area (Å²) in [5, 5.41) is 5.68. The van der Waals surface area contributed by atoms with Gasteiger partial charge in [-0.25, -0.2) is 0 Å². The minimum absolute atomic E-state index is 0.0970.